The van der Waals surface area contributed by atoms with Crippen LogP contribution in [0.4, 0.5) is 0 Å². The number of hydrogen-bond acceptors (Lipinski definition) is 3. The first kappa shape index (κ1) is 8.99. The molecule has 12 heavy (non-hydrogen) atoms. The van der Waals surface area contributed by atoms with Crippen molar-refractivity contribution in [1.29, 1.82) is 5.26 Å². The van der Waals surface area contributed by atoms with Gasteiger partial charge < -0.3 is 4.52 Å². The Balaban J connectivity index is 2.61. The standard InChI is InChI=1S/C8H8NO2P/c9-6-7-11-12(10)8-4-2-1-3-5-8/h1-5,12H,7H2. The molecule has 1 aromatic carbocycles. The average molecular weight is 181 g/mol. The number of hydrogen-bond donors (Lipinski definition) is 0. The molecule has 0 aliphatic heterocycles. The molecule has 0 aliphatic rings. The Labute approximate surface area is 71.5 Å². The number of benzene rings is 1. The van der Waals surface area contributed by atoms with Crippen molar-refractivity contribution in [3.63, 3.8) is 0 Å². The molecule has 0 aromatic heterocycles. The molecular weight excluding hydrogens is 173 g/mol. The van der Waals surface area contributed by atoms with E-state index in [4.69, 9.17) is 9.79 Å². The highest BCUT2D eigenvalue weighted by atomic mass is 31.1. The topological polar surface area (TPSA) is 50.1 Å². The lowest BCUT2D eigenvalue weighted by molar-refractivity contribution is 0.383. The highest BCUT2D eigenvalue weighted by molar-refractivity contribution is 7.48. The maximum Gasteiger partial charge on any atom is 0.221 e. The smallest absolute Gasteiger partial charge is 0.221 e. The van der Waals surface area contributed by atoms with E-state index in [1.54, 1.807) is 30.3 Å². The minimum atomic E-state index is -2.20. The van der Waals surface area contributed by atoms with Gasteiger partial charge >= 0.3 is 0 Å². The van der Waals surface area contributed by atoms with Gasteiger partial charge in [0.15, 0.2) is 0 Å². The first-order chi connectivity index (χ1) is 5.84. The van der Waals surface area contributed by atoms with Crippen LogP contribution in [0.15, 0.2) is 30.3 Å². The zero-order valence-electron chi connectivity index (χ0n) is 6.36. The second-order valence-corrected chi connectivity index (χ2v) is 3.54. The molecule has 0 fully saturated rings. The summed E-state index contributed by atoms with van der Waals surface area (Å²) in [5.41, 5.74) is 0. The quantitative estimate of drug-likeness (QED) is 0.661. The predicted molar refractivity (Wildman–Crippen MR) is 46.6 cm³/mol. The number of nitriles is 1. The fourth-order valence-corrected chi connectivity index (χ4v) is 1.58. The minimum absolute atomic E-state index is 0.118. The zero-order chi connectivity index (χ0) is 8.81. The summed E-state index contributed by atoms with van der Waals surface area (Å²) >= 11 is 0. The minimum Gasteiger partial charge on any atom is -0.312 e. The van der Waals surface area contributed by atoms with E-state index in [0.717, 1.165) is 0 Å². The Morgan fingerprint density at radius 1 is 1.42 bits per heavy atom. The van der Waals surface area contributed by atoms with Gasteiger partial charge in [-0.25, -0.2) is 0 Å². The Morgan fingerprint density at radius 3 is 2.67 bits per heavy atom. The van der Waals surface area contributed by atoms with Crippen molar-refractivity contribution in [1.82, 2.24) is 0 Å². The van der Waals surface area contributed by atoms with E-state index in [2.05, 4.69) is 0 Å². The van der Waals surface area contributed by atoms with Gasteiger partial charge in [-0.2, -0.15) is 5.26 Å². The largest absolute Gasteiger partial charge is 0.312 e. The maximum absolute atomic E-state index is 11.2. The summed E-state index contributed by atoms with van der Waals surface area (Å²) < 4.78 is 16.0. The molecule has 1 atom stereocenters. The van der Waals surface area contributed by atoms with E-state index in [1.165, 1.54) is 0 Å². The normalized spacial score (nSPS) is 11.9. The lowest BCUT2D eigenvalue weighted by atomic mass is 10.4. The third kappa shape index (κ3) is 2.50. The molecule has 0 aliphatic carbocycles. The van der Waals surface area contributed by atoms with Crippen molar-refractivity contribution in [3.8, 4) is 6.07 Å². The third-order valence-corrected chi connectivity index (χ3v) is 2.49. The van der Waals surface area contributed by atoms with Crippen LogP contribution in [-0.4, -0.2) is 6.61 Å². The van der Waals surface area contributed by atoms with Crippen LogP contribution < -0.4 is 5.30 Å². The fourth-order valence-electron chi connectivity index (χ4n) is 0.755. The van der Waals surface area contributed by atoms with E-state index in [9.17, 15) is 4.57 Å². The molecule has 1 rings (SSSR count). The summed E-state index contributed by atoms with van der Waals surface area (Å²) in [6, 6.07) is 10.6. The van der Waals surface area contributed by atoms with Gasteiger partial charge in [0.25, 0.3) is 0 Å². The van der Waals surface area contributed by atoms with E-state index >= 15 is 0 Å². The van der Waals surface area contributed by atoms with Crippen LogP contribution >= 0.6 is 8.03 Å². The van der Waals surface area contributed by atoms with Gasteiger partial charge in [0.1, 0.15) is 6.61 Å². The first-order valence-electron chi connectivity index (χ1n) is 3.43. The van der Waals surface area contributed by atoms with Crippen molar-refractivity contribution in [2.75, 3.05) is 6.61 Å². The highest BCUT2D eigenvalue weighted by Gasteiger charge is 2.00. The molecule has 1 aromatic rings. The van der Waals surface area contributed by atoms with Gasteiger partial charge in [-0.15, -0.1) is 0 Å². The van der Waals surface area contributed by atoms with Crippen LogP contribution in [0.3, 0.4) is 0 Å². The van der Waals surface area contributed by atoms with Crippen molar-refractivity contribution in [2.45, 2.75) is 0 Å². The third-order valence-electron chi connectivity index (χ3n) is 1.28. The van der Waals surface area contributed by atoms with Crippen molar-refractivity contribution in [3.05, 3.63) is 30.3 Å². The van der Waals surface area contributed by atoms with E-state index < -0.39 is 8.03 Å². The Bertz CT molecular complexity index is 305. The maximum atomic E-state index is 11.2. The lowest BCUT2D eigenvalue weighted by Gasteiger charge is -1.98. The van der Waals surface area contributed by atoms with Gasteiger partial charge in [0.05, 0.1) is 6.07 Å². The summed E-state index contributed by atoms with van der Waals surface area (Å²) in [5.74, 6) is 0. The molecule has 0 saturated carbocycles. The molecule has 0 spiro atoms. The second-order valence-electron chi connectivity index (χ2n) is 2.10. The summed E-state index contributed by atoms with van der Waals surface area (Å²) in [6.07, 6.45) is 0. The Hall–Kier alpha value is -1.10. The molecule has 4 heteroatoms. The van der Waals surface area contributed by atoms with Crippen LogP contribution in [0.2, 0.25) is 0 Å². The molecule has 0 radical (unpaired) electrons. The van der Waals surface area contributed by atoms with E-state index in [0.29, 0.717) is 5.30 Å². The monoisotopic (exact) mass is 181 g/mol. The first-order valence-corrected chi connectivity index (χ1v) is 4.75. The highest BCUT2D eigenvalue weighted by Crippen LogP contribution is 2.19. The molecule has 0 saturated heterocycles. The molecule has 3 nitrogen and oxygen atoms in total. The summed E-state index contributed by atoms with van der Waals surface area (Å²) in [4.78, 5) is 0. The molecule has 0 bridgehead atoms. The van der Waals surface area contributed by atoms with Crippen LogP contribution in [-0.2, 0) is 9.09 Å². The van der Waals surface area contributed by atoms with E-state index in [-0.39, 0.29) is 6.61 Å². The number of nitrogens with zero attached hydrogens (tertiary/aromatic N) is 1. The molecule has 0 heterocycles. The van der Waals surface area contributed by atoms with Crippen LogP contribution in [0.25, 0.3) is 0 Å². The SMILES string of the molecule is N#CCO[PH](=O)c1ccccc1. The van der Waals surface area contributed by atoms with Crippen LogP contribution in [0.5, 0.6) is 0 Å². The molecule has 62 valence electrons. The number of rotatable bonds is 3. The Kier molecular flexibility index (Phi) is 3.53. The Morgan fingerprint density at radius 2 is 2.08 bits per heavy atom. The van der Waals surface area contributed by atoms with Gasteiger partial charge in [0, 0.05) is 5.30 Å². The van der Waals surface area contributed by atoms with Gasteiger partial charge in [0.2, 0.25) is 8.03 Å². The summed E-state index contributed by atoms with van der Waals surface area (Å²) in [7, 11) is -2.20. The molecular formula is C8H8NO2P. The van der Waals surface area contributed by atoms with Gasteiger partial charge in [-0.05, 0) is 12.1 Å². The summed E-state index contributed by atoms with van der Waals surface area (Å²) in [5, 5.41) is 8.82. The van der Waals surface area contributed by atoms with E-state index in [1.807, 2.05) is 6.07 Å². The average Bonchev–Trinajstić information content (AvgIpc) is 2.15. The van der Waals surface area contributed by atoms with Gasteiger partial charge in [-0.1, -0.05) is 18.2 Å². The fraction of sp³-hybridized carbons (Fsp3) is 0.125. The van der Waals surface area contributed by atoms with Crippen molar-refractivity contribution < 1.29 is 9.09 Å². The van der Waals surface area contributed by atoms with Crippen LogP contribution in [0, 0.1) is 11.3 Å². The van der Waals surface area contributed by atoms with Crippen LogP contribution in [0.1, 0.15) is 0 Å². The van der Waals surface area contributed by atoms with Crippen molar-refractivity contribution in [2.24, 2.45) is 0 Å². The lowest BCUT2D eigenvalue weighted by Crippen LogP contribution is -1.96. The van der Waals surface area contributed by atoms with Crippen molar-refractivity contribution >= 4 is 13.3 Å². The predicted octanol–water partition coefficient (Wildman–Crippen LogP) is 1.33. The molecule has 0 N–H and O–H groups in total. The molecule has 1 unspecified atom stereocenters. The molecule has 0 amide bonds. The van der Waals surface area contributed by atoms with Gasteiger partial charge in [-0.3, -0.25) is 4.57 Å². The zero-order valence-corrected chi connectivity index (χ0v) is 7.36. The summed E-state index contributed by atoms with van der Waals surface area (Å²) in [6.45, 7) is -0.118. The second kappa shape index (κ2) is 4.71.